The average molecular weight is 525 g/mol. The molecule has 0 radical (unpaired) electrons. The van der Waals surface area contributed by atoms with Crippen molar-refractivity contribution in [3.63, 3.8) is 0 Å². The zero-order valence-corrected chi connectivity index (χ0v) is 21.4. The van der Waals surface area contributed by atoms with E-state index in [-0.39, 0.29) is 11.8 Å². The summed E-state index contributed by atoms with van der Waals surface area (Å²) in [6.45, 7) is 1.28. The topological polar surface area (TPSA) is 139 Å². The van der Waals surface area contributed by atoms with Crippen molar-refractivity contribution in [3.8, 4) is 0 Å². The van der Waals surface area contributed by atoms with Gasteiger partial charge in [-0.25, -0.2) is 9.59 Å². The monoisotopic (exact) mass is 524 g/mol. The fraction of sp³-hybridized carbons (Fsp3) is 0.429. The van der Waals surface area contributed by atoms with Gasteiger partial charge in [-0.3, -0.25) is 9.59 Å². The van der Waals surface area contributed by atoms with Gasteiger partial charge in [0.2, 0.25) is 11.8 Å². The van der Waals surface area contributed by atoms with E-state index < -0.39 is 24.3 Å². The molecule has 38 heavy (non-hydrogen) atoms. The Kier molecular flexibility index (Phi) is 11.0. The maximum absolute atomic E-state index is 12.5. The molecule has 0 saturated carbocycles. The van der Waals surface area contributed by atoms with E-state index in [1.54, 1.807) is 0 Å². The molecule has 1 saturated heterocycles. The molecule has 1 heterocycles. The van der Waals surface area contributed by atoms with E-state index in [1.165, 1.54) is 9.80 Å². The summed E-state index contributed by atoms with van der Waals surface area (Å²) in [6.07, 6.45) is 1.20. The number of hydrogen-bond acceptors (Lipinski definition) is 4. The molecule has 1 aliphatic rings. The zero-order chi connectivity index (χ0) is 27.3. The molecular formula is C28H36N4O6. The number of nitrogens with zero attached hydrogens (tertiary/aromatic N) is 2. The van der Waals surface area contributed by atoms with Crippen LogP contribution < -0.4 is 10.6 Å². The van der Waals surface area contributed by atoms with Gasteiger partial charge in [0, 0.05) is 26.2 Å². The molecule has 10 heteroatoms. The number of amides is 4. The van der Waals surface area contributed by atoms with E-state index in [4.69, 9.17) is 0 Å². The van der Waals surface area contributed by atoms with Crippen LogP contribution in [-0.2, 0) is 22.7 Å². The second-order valence-electron chi connectivity index (χ2n) is 9.49. The molecule has 2 aromatic rings. The molecule has 204 valence electrons. The minimum atomic E-state index is -0.994. The van der Waals surface area contributed by atoms with E-state index >= 15 is 0 Å². The van der Waals surface area contributed by atoms with Gasteiger partial charge in [0.05, 0.1) is 0 Å². The molecule has 1 fully saturated rings. The van der Waals surface area contributed by atoms with Crippen LogP contribution in [-0.4, -0.2) is 69.2 Å². The predicted molar refractivity (Wildman–Crippen MR) is 141 cm³/mol. The van der Waals surface area contributed by atoms with Gasteiger partial charge in [0.1, 0.15) is 12.1 Å². The summed E-state index contributed by atoms with van der Waals surface area (Å²) in [5.74, 6) is -0.490. The van der Waals surface area contributed by atoms with Gasteiger partial charge >= 0.3 is 12.2 Å². The lowest BCUT2D eigenvalue weighted by Crippen LogP contribution is -2.61. The lowest BCUT2D eigenvalue weighted by atomic mass is 10.0. The first-order valence-corrected chi connectivity index (χ1v) is 13.0. The molecule has 4 amide bonds. The molecule has 0 aromatic heterocycles. The van der Waals surface area contributed by atoms with Crippen molar-refractivity contribution in [1.82, 2.24) is 20.4 Å². The number of piperazine rings is 1. The summed E-state index contributed by atoms with van der Waals surface area (Å²) in [6, 6.07) is 17.4. The maximum atomic E-state index is 12.5. The Morgan fingerprint density at radius 1 is 0.632 bits per heavy atom. The largest absolute Gasteiger partial charge is 0.465 e. The summed E-state index contributed by atoms with van der Waals surface area (Å²) < 4.78 is 0. The van der Waals surface area contributed by atoms with E-state index in [9.17, 15) is 29.4 Å². The van der Waals surface area contributed by atoms with Crippen molar-refractivity contribution in [3.05, 3.63) is 71.8 Å². The van der Waals surface area contributed by atoms with Crippen LogP contribution in [0.4, 0.5) is 9.59 Å². The van der Waals surface area contributed by atoms with E-state index in [0.717, 1.165) is 11.1 Å². The van der Waals surface area contributed by atoms with Crippen LogP contribution in [0.25, 0.3) is 0 Å². The number of benzene rings is 2. The Hall–Kier alpha value is -4.08. The van der Waals surface area contributed by atoms with E-state index in [0.29, 0.717) is 64.7 Å². The lowest BCUT2D eigenvalue weighted by molar-refractivity contribution is -0.137. The highest BCUT2D eigenvalue weighted by molar-refractivity contribution is 5.96. The van der Waals surface area contributed by atoms with Crippen LogP contribution in [0.5, 0.6) is 0 Å². The van der Waals surface area contributed by atoms with Crippen LogP contribution in [0.15, 0.2) is 60.7 Å². The molecule has 4 N–H and O–H groups in total. The Labute approximate surface area is 222 Å². The third-order valence-electron chi connectivity index (χ3n) is 6.58. The van der Waals surface area contributed by atoms with E-state index in [1.807, 2.05) is 60.7 Å². The number of carboxylic acid groups (broad SMARTS) is 2. The van der Waals surface area contributed by atoms with Crippen molar-refractivity contribution in [2.45, 2.75) is 63.7 Å². The number of unbranched alkanes of at least 4 members (excludes halogenated alkanes) is 2. The number of carbonyl (C=O) groups is 4. The van der Waals surface area contributed by atoms with Gasteiger partial charge in [-0.2, -0.15) is 0 Å². The third kappa shape index (κ3) is 9.10. The summed E-state index contributed by atoms with van der Waals surface area (Å²) in [7, 11) is 0. The van der Waals surface area contributed by atoms with Crippen molar-refractivity contribution in [1.29, 1.82) is 0 Å². The molecule has 0 bridgehead atoms. The molecule has 2 aromatic carbocycles. The molecular weight excluding hydrogens is 488 g/mol. The molecule has 2 atom stereocenters. The molecule has 0 aliphatic carbocycles. The Morgan fingerprint density at radius 2 is 1.00 bits per heavy atom. The van der Waals surface area contributed by atoms with Crippen molar-refractivity contribution >= 4 is 24.0 Å². The van der Waals surface area contributed by atoms with Crippen LogP contribution in [0.1, 0.15) is 49.7 Å². The van der Waals surface area contributed by atoms with Crippen LogP contribution in [0, 0.1) is 0 Å². The van der Waals surface area contributed by atoms with Crippen molar-refractivity contribution < 1.29 is 29.4 Å². The second-order valence-corrected chi connectivity index (χ2v) is 9.49. The van der Waals surface area contributed by atoms with Gasteiger partial charge in [-0.15, -0.1) is 0 Å². The van der Waals surface area contributed by atoms with Crippen molar-refractivity contribution in [2.24, 2.45) is 0 Å². The normalized spacial score (nSPS) is 16.8. The van der Waals surface area contributed by atoms with E-state index in [2.05, 4.69) is 10.6 Å². The summed E-state index contributed by atoms with van der Waals surface area (Å²) in [5.41, 5.74) is 1.82. The number of hydrogen-bond donors (Lipinski definition) is 4. The Balaban J connectivity index is 1.35. The van der Waals surface area contributed by atoms with Crippen molar-refractivity contribution in [2.75, 3.05) is 13.1 Å². The number of nitrogens with one attached hydrogen (secondary N) is 2. The average Bonchev–Trinajstić information content (AvgIpc) is 2.90. The molecule has 0 spiro atoms. The Morgan fingerprint density at radius 3 is 1.34 bits per heavy atom. The first-order chi connectivity index (χ1) is 18.3. The minimum Gasteiger partial charge on any atom is -0.465 e. The van der Waals surface area contributed by atoms with Gasteiger partial charge in [0.25, 0.3) is 0 Å². The number of carbonyl (C=O) groups excluding carboxylic acids is 2. The van der Waals surface area contributed by atoms with Crippen LogP contribution in [0.2, 0.25) is 0 Å². The molecule has 0 unspecified atom stereocenters. The van der Waals surface area contributed by atoms with Gasteiger partial charge in [-0.1, -0.05) is 60.7 Å². The van der Waals surface area contributed by atoms with Gasteiger partial charge in [0.15, 0.2) is 0 Å². The Bertz CT molecular complexity index is 980. The number of rotatable bonds is 14. The quantitative estimate of drug-likeness (QED) is 0.278. The fourth-order valence-corrected chi connectivity index (χ4v) is 4.48. The fourth-order valence-electron chi connectivity index (χ4n) is 4.48. The first kappa shape index (κ1) is 28.5. The summed E-state index contributed by atoms with van der Waals surface area (Å²) in [5, 5.41) is 24.5. The van der Waals surface area contributed by atoms with Crippen LogP contribution >= 0.6 is 0 Å². The van der Waals surface area contributed by atoms with Crippen LogP contribution in [0.3, 0.4) is 0 Å². The van der Waals surface area contributed by atoms with Gasteiger partial charge in [-0.05, 0) is 49.7 Å². The highest BCUT2D eigenvalue weighted by Crippen LogP contribution is 2.13. The summed E-state index contributed by atoms with van der Waals surface area (Å²) in [4.78, 5) is 50.9. The van der Waals surface area contributed by atoms with Gasteiger partial charge < -0.3 is 30.6 Å². The molecule has 3 rings (SSSR count). The SMILES string of the molecule is O=C1N[C@@H](CCCCN(Cc2ccccc2)C(=O)O)C(=O)N[C@H]1CCCCN(Cc1ccccc1)C(=O)O. The summed E-state index contributed by atoms with van der Waals surface area (Å²) >= 11 is 0. The smallest absolute Gasteiger partial charge is 0.407 e. The first-order valence-electron chi connectivity index (χ1n) is 13.0. The maximum Gasteiger partial charge on any atom is 0.407 e. The highest BCUT2D eigenvalue weighted by Gasteiger charge is 2.32. The zero-order valence-electron chi connectivity index (χ0n) is 21.4. The lowest BCUT2D eigenvalue weighted by Gasteiger charge is -2.30. The minimum absolute atomic E-state index is 0.245. The molecule has 10 nitrogen and oxygen atoms in total. The molecule has 1 aliphatic heterocycles. The highest BCUT2D eigenvalue weighted by atomic mass is 16.4. The second kappa shape index (κ2) is 14.6. The predicted octanol–water partition coefficient (Wildman–Crippen LogP) is 3.67. The third-order valence-corrected chi connectivity index (χ3v) is 6.58. The standard InChI is InChI=1S/C28H36N4O6/c33-25-23(15-7-9-17-31(27(35)36)19-21-11-3-1-4-12-21)29-26(34)24(30-25)16-8-10-18-32(28(37)38)20-22-13-5-2-6-14-22/h1-6,11-14,23-24H,7-10,15-20H2,(H,29,34)(H,30,33)(H,35,36)(H,37,38)/t23-,24-/m0/s1.